The molecule has 0 amide bonds. The monoisotopic (exact) mass is 193 g/mol. The van der Waals surface area contributed by atoms with Crippen LogP contribution in [0.2, 0.25) is 0 Å². The predicted octanol–water partition coefficient (Wildman–Crippen LogP) is 1.57. The lowest BCUT2D eigenvalue weighted by Crippen LogP contribution is -2.45. The van der Waals surface area contributed by atoms with Crippen molar-refractivity contribution in [3.05, 3.63) is 17.5 Å². The Labute approximate surface area is 85.3 Å². The molecule has 0 aliphatic heterocycles. The third-order valence-corrected chi connectivity index (χ3v) is 3.52. The van der Waals surface area contributed by atoms with Gasteiger partial charge in [0.2, 0.25) is 0 Å². The van der Waals surface area contributed by atoms with Crippen LogP contribution < -0.4 is 5.73 Å². The normalized spacial score (nSPS) is 31.6. The van der Waals surface area contributed by atoms with Gasteiger partial charge in [0.25, 0.3) is 0 Å². The maximum Gasteiger partial charge on any atom is 0.0628 e. The van der Waals surface area contributed by atoms with Gasteiger partial charge in [-0.25, -0.2) is 0 Å². The summed E-state index contributed by atoms with van der Waals surface area (Å²) in [5, 5.41) is 4.38. The zero-order chi connectivity index (χ0) is 10.3. The molecule has 1 aliphatic rings. The average molecular weight is 193 g/mol. The highest BCUT2D eigenvalue weighted by Crippen LogP contribution is 2.44. The topological polar surface area (TPSA) is 43.8 Å². The number of hydrogen-bond donors (Lipinski definition) is 1. The van der Waals surface area contributed by atoms with E-state index in [1.54, 1.807) is 0 Å². The van der Waals surface area contributed by atoms with Gasteiger partial charge in [0.15, 0.2) is 0 Å². The maximum atomic E-state index is 5.99. The minimum Gasteiger partial charge on any atom is -0.327 e. The molecule has 14 heavy (non-hydrogen) atoms. The van der Waals surface area contributed by atoms with Crippen LogP contribution in [0, 0.1) is 12.8 Å². The summed E-state index contributed by atoms with van der Waals surface area (Å²) in [5.74, 6) is 1.32. The Morgan fingerprint density at radius 1 is 1.64 bits per heavy atom. The van der Waals surface area contributed by atoms with Crippen molar-refractivity contribution in [2.75, 3.05) is 0 Å². The Hall–Kier alpha value is -0.830. The lowest BCUT2D eigenvalue weighted by Gasteiger charge is -2.42. The van der Waals surface area contributed by atoms with E-state index in [1.165, 1.54) is 17.7 Å². The van der Waals surface area contributed by atoms with Crippen LogP contribution in [0.5, 0.6) is 0 Å². The summed E-state index contributed by atoms with van der Waals surface area (Å²) in [7, 11) is 1.98. The van der Waals surface area contributed by atoms with Crippen molar-refractivity contribution in [3.63, 3.8) is 0 Å². The van der Waals surface area contributed by atoms with Crippen molar-refractivity contribution in [3.8, 4) is 0 Å². The Balaban J connectivity index is 2.20. The van der Waals surface area contributed by atoms with Crippen molar-refractivity contribution in [1.82, 2.24) is 9.78 Å². The lowest BCUT2D eigenvalue weighted by molar-refractivity contribution is 0.198. The Bertz CT molecular complexity index is 329. The standard InChI is InChI=1S/C11H19N3/c1-4-8-9(5-11(8)12)10-6-14(3)13-7(10)2/h6,8-9,11H,4-5,12H2,1-3H3. The van der Waals surface area contributed by atoms with Crippen LogP contribution in [0.25, 0.3) is 0 Å². The van der Waals surface area contributed by atoms with Gasteiger partial charge in [-0.05, 0) is 30.7 Å². The van der Waals surface area contributed by atoms with Crippen LogP contribution in [0.15, 0.2) is 6.20 Å². The van der Waals surface area contributed by atoms with Crippen LogP contribution >= 0.6 is 0 Å². The zero-order valence-electron chi connectivity index (χ0n) is 9.20. The fourth-order valence-electron chi connectivity index (χ4n) is 2.67. The van der Waals surface area contributed by atoms with Gasteiger partial charge in [-0.1, -0.05) is 13.3 Å². The molecule has 1 saturated carbocycles. The molecule has 3 unspecified atom stereocenters. The van der Waals surface area contributed by atoms with E-state index >= 15 is 0 Å². The number of aromatic nitrogens is 2. The van der Waals surface area contributed by atoms with E-state index < -0.39 is 0 Å². The molecule has 2 rings (SSSR count). The Morgan fingerprint density at radius 2 is 2.36 bits per heavy atom. The molecule has 0 saturated heterocycles. The molecular weight excluding hydrogens is 174 g/mol. The highest BCUT2D eigenvalue weighted by Gasteiger charge is 2.39. The quantitative estimate of drug-likeness (QED) is 0.774. The van der Waals surface area contributed by atoms with Crippen LogP contribution in [0.1, 0.15) is 36.9 Å². The average Bonchev–Trinajstić information content (AvgIpc) is 2.41. The number of hydrogen-bond acceptors (Lipinski definition) is 2. The lowest BCUT2D eigenvalue weighted by atomic mass is 9.65. The SMILES string of the molecule is CCC1C(N)CC1c1cn(C)nc1C. The van der Waals surface area contributed by atoms with Gasteiger partial charge in [0.1, 0.15) is 0 Å². The summed E-state index contributed by atoms with van der Waals surface area (Å²) in [6, 6.07) is 0.407. The second-order valence-electron chi connectivity index (χ2n) is 4.42. The number of aryl methyl sites for hydroxylation is 2. The third-order valence-electron chi connectivity index (χ3n) is 3.52. The highest BCUT2D eigenvalue weighted by molar-refractivity contribution is 5.25. The molecule has 0 aromatic carbocycles. The first kappa shape index (κ1) is 9.71. The molecule has 3 atom stereocenters. The third kappa shape index (κ3) is 1.36. The van der Waals surface area contributed by atoms with Crippen LogP contribution in [-0.2, 0) is 7.05 Å². The van der Waals surface area contributed by atoms with Crippen molar-refractivity contribution >= 4 is 0 Å². The Morgan fingerprint density at radius 3 is 2.79 bits per heavy atom. The van der Waals surface area contributed by atoms with Crippen molar-refractivity contribution in [2.45, 2.75) is 38.6 Å². The van der Waals surface area contributed by atoms with Gasteiger partial charge in [-0.2, -0.15) is 5.10 Å². The second kappa shape index (κ2) is 3.39. The summed E-state index contributed by atoms with van der Waals surface area (Å²) >= 11 is 0. The molecule has 3 nitrogen and oxygen atoms in total. The van der Waals surface area contributed by atoms with E-state index in [4.69, 9.17) is 5.73 Å². The van der Waals surface area contributed by atoms with Gasteiger partial charge in [0.05, 0.1) is 5.69 Å². The predicted molar refractivity (Wildman–Crippen MR) is 57.1 cm³/mol. The highest BCUT2D eigenvalue weighted by atomic mass is 15.2. The van der Waals surface area contributed by atoms with Crippen molar-refractivity contribution in [1.29, 1.82) is 0 Å². The summed E-state index contributed by atoms with van der Waals surface area (Å²) in [6.45, 7) is 4.31. The first-order chi connectivity index (χ1) is 6.63. The number of nitrogens with two attached hydrogens (primary N) is 1. The smallest absolute Gasteiger partial charge is 0.0628 e. The summed E-state index contributed by atoms with van der Waals surface area (Å²) in [4.78, 5) is 0. The molecule has 2 N–H and O–H groups in total. The fourth-order valence-corrected chi connectivity index (χ4v) is 2.67. The van der Waals surface area contributed by atoms with E-state index in [0.717, 1.165) is 6.42 Å². The molecule has 0 spiro atoms. The molecule has 1 aromatic heterocycles. The van der Waals surface area contributed by atoms with E-state index in [1.807, 2.05) is 11.7 Å². The first-order valence-electron chi connectivity index (χ1n) is 5.39. The van der Waals surface area contributed by atoms with E-state index in [9.17, 15) is 0 Å². The summed E-state index contributed by atoms with van der Waals surface area (Å²) < 4.78 is 1.90. The molecule has 1 heterocycles. The van der Waals surface area contributed by atoms with Gasteiger partial charge >= 0.3 is 0 Å². The molecule has 0 radical (unpaired) electrons. The van der Waals surface area contributed by atoms with Crippen LogP contribution in [-0.4, -0.2) is 15.8 Å². The second-order valence-corrected chi connectivity index (χ2v) is 4.42. The van der Waals surface area contributed by atoms with Gasteiger partial charge < -0.3 is 5.73 Å². The summed E-state index contributed by atoms with van der Waals surface area (Å²) in [5.41, 5.74) is 8.56. The minimum absolute atomic E-state index is 0.407. The summed E-state index contributed by atoms with van der Waals surface area (Å²) in [6.07, 6.45) is 4.46. The van der Waals surface area contributed by atoms with Gasteiger partial charge in [-0.15, -0.1) is 0 Å². The van der Waals surface area contributed by atoms with Crippen molar-refractivity contribution in [2.24, 2.45) is 18.7 Å². The van der Waals surface area contributed by atoms with E-state index in [2.05, 4.69) is 25.1 Å². The molecule has 1 aromatic rings. The number of rotatable bonds is 2. The fraction of sp³-hybridized carbons (Fsp3) is 0.727. The molecular formula is C11H19N3. The van der Waals surface area contributed by atoms with E-state index in [0.29, 0.717) is 17.9 Å². The van der Waals surface area contributed by atoms with Gasteiger partial charge in [-0.3, -0.25) is 4.68 Å². The maximum absolute atomic E-state index is 5.99. The zero-order valence-corrected chi connectivity index (χ0v) is 9.20. The van der Waals surface area contributed by atoms with Crippen LogP contribution in [0.3, 0.4) is 0 Å². The number of nitrogens with zero attached hydrogens (tertiary/aromatic N) is 2. The molecule has 1 fully saturated rings. The van der Waals surface area contributed by atoms with Crippen LogP contribution in [0.4, 0.5) is 0 Å². The Kier molecular flexibility index (Phi) is 2.35. The molecule has 1 aliphatic carbocycles. The molecule has 78 valence electrons. The molecule has 3 heteroatoms. The molecule has 0 bridgehead atoms. The van der Waals surface area contributed by atoms with Gasteiger partial charge in [0, 0.05) is 19.3 Å². The largest absolute Gasteiger partial charge is 0.327 e. The minimum atomic E-state index is 0.407. The first-order valence-corrected chi connectivity index (χ1v) is 5.39. The van der Waals surface area contributed by atoms with Crippen molar-refractivity contribution < 1.29 is 0 Å². The van der Waals surface area contributed by atoms with E-state index in [-0.39, 0.29) is 0 Å².